The molecular weight excluding hydrogens is 260 g/mol. The molecule has 0 aliphatic carbocycles. The lowest BCUT2D eigenvalue weighted by atomic mass is 9.87. The number of ether oxygens (including phenoxy) is 1. The highest BCUT2D eigenvalue weighted by atomic mass is 16.5. The van der Waals surface area contributed by atoms with Crippen LogP contribution in [0.5, 0.6) is 0 Å². The molecule has 1 aliphatic heterocycles. The zero-order chi connectivity index (χ0) is 15.0. The zero-order valence-corrected chi connectivity index (χ0v) is 12.4. The van der Waals surface area contributed by atoms with Crippen LogP contribution < -0.4 is 5.32 Å². The molecule has 1 heterocycles. The Balaban J connectivity index is 2.01. The molecular formula is C14H26N2O4. The standard InChI is InChI=1S/C14H26N2O4/c1-3-4-7-20-8-5-6-15-14(19)16-9-12(10-16)11(2)13(17)18/h11-12H,3-10H2,1-2H3,(H,15,19)(H,17,18). The second-order valence-electron chi connectivity index (χ2n) is 5.34. The zero-order valence-electron chi connectivity index (χ0n) is 12.4. The summed E-state index contributed by atoms with van der Waals surface area (Å²) in [4.78, 5) is 24.2. The number of amides is 2. The minimum absolute atomic E-state index is 0.0793. The quantitative estimate of drug-likeness (QED) is 0.630. The SMILES string of the molecule is CCCCOCCCNC(=O)N1CC(C(C)C(=O)O)C1. The number of carbonyl (C=O) groups excluding carboxylic acids is 1. The summed E-state index contributed by atoms with van der Waals surface area (Å²) in [5.74, 6) is -1.10. The highest BCUT2D eigenvalue weighted by molar-refractivity contribution is 5.76. The summed E-state index contributed by atoms with van der Waals surface area (Å²) in [6, 6.07) is -0.104. The van der Waals surface area contributed by atoms with Gasteiger partial charge in [0, 0.05) is 38.8 Å². The molecule has 0 bridgehead atoms. The maximum atomic E-state index is 11.7. The van der Waals surface area contributed by atoms with Crippen molar-refractivity contribution >= 4 is 12.0 Å². The second-order valence-corrected chi connectivity index (χ2v) is 5.34. The van der Waals surface area contributed by atoms with Crippen LogP contribution in [0.3, 0.4) is 0 Å². The third-order valence-electron chi connectivity index (χ3n) is 3.68. The molecule has 2 amide bonds. The number of carboxylic acids is 1. The molecule has 20 heavy (non-hydrogen) atoms. The summed E-state index contributed by atoms with van der Waals surface area (Å²) in [7, 11) is 0. The monoisotopic (exact) mass is 286 g/mol. The fourth-order valence-electron chi connectivity index (χ4n) is 2.03. The van der Waals surface area contributed by atoms with Gasteiger partial charge in [-0.15, -0.1) is 0 Å². The molecule has 6 nitrogen and oxygen atoms in total. The average Bonchev–Trinajstić information content (AvgIpc) is 2.35. The third kappa shape index (κ3) is 5.36. The Hall–Kier alpha value is -1.30. The van der Waals surface area contributed by atoms with Gasteiger partial charge >= 0.3 is 12.0 Å². The van der Waals surface area contributed by atoms with Crippen molar-refractivity contribution in [1.82, 2.24) is 10.2 Å². The summed E-state index contributed by atoms with van der Waals surface area (Å²) in [5, 5.41) is 11.7. The number of unbranched alkanes of at least 4 members (excludes halogenated alkanes) is 1. The number of carbonyl (C=O) groups is 2. The maximum absolute atomic E-state index is 11.7. The average molecular weight is 286 g/mol. The van der Waals surface area contributed by atoms with Crippen LogP contribution in [0.15, 0.2) is 0 Å². The highest BCUT2D eigenvalue weighted by Gasteiger charge is 2.36. The number of nitrogens with one attached hydrogen (secondary N) is 1. The molecule has 0 aromatic rings. The number of nitrogens with zero attached hydrogens (tertiary/aromatic N) is 1. The van der Waals surface area contributed by atoms with Crippen LogP contribution in [0.25, 0.3) is 0 Å². The van der Waals surface area contributed by atoms with Gasteiger partial charge in [-0.1, -0.05) is 20.3 Å². The number of hydrogen-bond donors (Lipinski definition) is 2. The van der Waals surface area contributed by atoms with Crippen LogP contribution in [0.2, 0.25) is 0 Å². The van der Waals surface area contributed by atoms with E-state index in [1.807, 2.05) is 0 Å². The topological polar surface area (TPSA) is 78.9 Å². The third-order valence-corrected chi connectivity index (χ3v) is 3.68. The first-order chi connectivity index (χ1) is 9.56. The van der Waals surface area contributed by atoms with Crippen LogP contribution in [-0.2, 0) is 9.53 Å². The van der Waals surface area contributed by atoms with Gasteiger partial charge in [0.05, 0.1) is 5.92 Å². The van der Waals surface area contributed by atoms with E-state index in [2.05, 4.69) is 12.2 Å². The van der Waals surface area contributed by atoms with Crippen LogP contribution in [0, 0.1) is 11.8 Å². The molecule has 6 heteroatoms. The van der Waals surface area contributed by atoms with E-state index in [1.54, 1.807) is 11.8 Å². The summed E-state index contributed by atoms with van der Waals surface area (Å²) in [6.45, 7) is 6.93. The van der Waals surface area contributed by atoms with E-state index in [0.29, 0.717) is 26.2 Å². The lowest BCUT2D eigenvalue weighted by Crippen LogP contribution is -2.56. The number of hydrogen-bond acceptors (Lipinski definition) is 3. The first kappa shape index (κ1) is 16.8. The van der Waals surface area contributed by atoms with Gasteiger partial charge in [-0.05, 0) is 12.8 Å². The number of likely N-dealkylation sites (tertiary alicyclic amines) is 1. The molecule has 2 N–H and O–H groups in total. The Kier molecular flexibility index (Phi) is 7.36. The van der Waals surface area contributed by atoms with Crippen LogP contribution in [0.1, 0.15) is 33.1 Å². The van der Waals surface area contributed by atoms with Crippen molar-refractivity contribution in [2.24, 2.45) is 11.8 Å². The van der Waals surface area contributed by atoms with Gasteiger partial charge < -0.3 is 20.1 Å². The molecule has 1 rings (SSSR count). The first-order valence-electron chi connectivity index (χ1n) is 7.39. The largest absolute Gasteiger partial charge is 0.481 e. The van der Waals surface area contributed by atoms with Crippen LogP contribution in [0.4, 0.5) is 4.79 Å². The van der Waals surface area contributed by atoms with Crippen molar-refractivity contribution in [2.45, 2.75) is 33.1 Å². The van der Waals surface area contributed by atoms with Gasteiger partial charge in [-0.3, -0.25) is 4.79 Å². The predicted molar refractivity (Wildman–Crippen MR) is 75.6 cm³/mol. The fraction of sp³-hybridized carbons (Fsp3) is 0.857. The smallest absolute Gasteiger partial charge is 0.317 e. The fourth-order valence-corrected chi connectivity index (χ4v) is 2.03. The van der Waals surface area contributed by atoms with E-state index in [4.69, 9.17) is 9.84 Å². The van der Waals surface area contributed by atoms with E-state index in [1.165, 1.54) is 0 Å². The molecule has 0 aromatic carbocycles. The van der Waals surface area contributed by atoms with Crippen molar-refractivity contribution in [3.8, 4) is 0 Å². The number of carboxylic acid groups (broad SMARTS) is 1. The van der Waals surface area contributed by atoms with Crippen molar-refractivity contribution in [3.63, 3.8) is 0 Å². The van der Waals surface area contributed by atoms with Crippen LogP contribution >= 0.6 is 0 Å². The van der Waals surface area contributed by atoms with Crippen LogP contribution in [-0.4, -0.2) is 54.9 Å². The van der Waals surface area contributed by atoms with Gasteiger partial charge in [-0.25, -0.2) is 4.79 Å². The Bertz CT molecular complexity index is 316. The Morgan fingerprint density at radius 3 is 2.60 bits per heavy atom. The first-order valence-corrected chi connectivity index (χ1v) is 7.39. The number of urea groups is 1. The molecule has 1 aliphatic rings. The van der Waals surface area contributed by atoms with Gasteiger partial charge in [0.2, 0.25) is 0 Å². The lowest BCUT2D eigenvalue weighted by Gasteiger charge is -2.41. The molecule has 1 atom stereocenters. The molecule has 0 saturated carbocycles. The van der Waals surface area contributed by atoms with Gasteiger partial charge in [0.1, 0.15) is 0 Å². The molecule has 1 fully saturated rings. The Morgan fingerprint density at radius 2 is 2.00 bits per heavy atom. The van der Waals surface area contributed by atoms with Crippen molar-refractivity contribution in [3.05, 3.63) is 0 Å². The van der Waals surface area contributed by atoms with Gasteiger partial charge in [0.25, 0.3) is 0 Å². The molecule has 1 unspecified atom stereocenters. The molecule has 1 saturated heterocycles. The maximum Gasteiger partial charge on any atom is 0.317 e. The molecule has 0 aromatic heterocycles. The van der Waals surface area contributed by atoms with E-state index >= 15 is 0 Å². The minimum atomic E-state index is -0.792. The predicted octanol–water partition coefficient (Wildman–Crippen LogP) is 1.56. The molecule has 116 valence electrons. The Labute approximate surface area is 120 Å². The normalized spacial score (nSPS) is 16.6. The van der Waals surface area contributed by atoms with Crippen molar-refractivity contribution in [2.75, 3.05) is 32.8 Å². The van der Waals surface area contributed by atoms with Gasteiger partial charge in [-0.2, -0.15) is 0 Å². The van der Waals surface area contributed by atoms with E-state index in [0.717, 1.165) is 25.9 Å². The van der Waals surface area contributed by atoms with E-state index in [9.17, 15) is 9.59 Å². The minimum Gasteiger partial charge on any atom is -0.481 e. The van der Waals surface area contributed by atoms with E-state index in [-0.39, 0.29) is 17.9 Å². The second kappa shape index (κ2) is 8.79. The van der Waals surface area contributed by atoms with Crippen molar-refractivity contribution in [1.29, 1.82) is 0 Å². The van der Waals surface area contributed by atoms with Crippen molar-refractivity contribution < 1.29 is 19.4 Å². The van der Waals surface area contributed by atoms with E-state index < -0.39 is 5.97 Å². The summed E-state index contributed by atoms with van der Waals surface area (Å²) >= 11 is 0. The number of aliphatic carboxylic acids is 1. The van der Waals surface area contributed by atoms with Gasteiger partial charge in [0.15, 0.2) is 0 Å². The summed E-state index contributed by atoms with van der Waals surface area (Å²) < 4.78 is 5.40. The number of rotatable bonds is 9. The Morgan fingerprint density at radius 1 is 1.35 bits per heavy atom. The highest BCUT2D eigenvalue weighted by Crippen LogP contribution is 2.23. The summed E-state index contributed by atoms with van der Waals surface area (Å²) in [5.41, 5.74) is 0. The molecule has 0 radical (unpaired) electrons. The summed E-state index contributed by atoms with van der Waals surface area (Å²) in [6.07, 6.45) is 3.00. The molecule has 0 spiro atoms. The lowest BCUT2D eigenvalue weighted by molar-refractivity contribution is -0.144.